The Morgan fingerprint density at radius 3 is 2.36 bits per heavy atom. The number of nitrogens with zero attached hydrogens (tertiary/aromatic N) is 9. The molecule has 0 bridgehead atoms. The molecule has 2 aliphatic heterocycles. The second-order valence-corrected chi connectivity index (χ2v) is 8.96. The summed E-state index contributed by atoms with van der Waals surface area (Å²) in [7, 11) is 1.73. The number of hydrogen-bond acceptors (Lipinski definition) is 7. The van der Waals surface area contributed by atoms with Crippen molar-refractivity contribution in [3.63, 3.8) is 0 Å². The van der Waals surface area contributed by atoms with Crippen molar-refractivity contribution in [2.24, 2.45) is 5.10 Å². The van der Waals surface area contributed by atoms with E-state index in [4.69, 9.17) is 0 Å². The van der Waals surface area contributed by atoms with Gasteiger partial charge in [-0.3, -0.25) is 0 Å². The number of halogens is 3. The van der Waals surface area contributed by atoms with Gasteiger partial charge in [0.05, 0.1) is 11.6 Å². The molecule has 0 saturated carbocycles. The fourth-order valence-corrected chi connectivity index (χ4v) is 4.48. The number of anilines is 1. The predicted octanol–water partition coefficient (Wildman–Crippen LogP) is 1.51. The first-order valence-electron chi connectivity index (χ1n) is 11.4. The van der Waals surface area contributed by atoms with Gasteiger partial charge in [-0.1, -0.05) is 0 Å². The zero-order valence-corrected chi connectivity index (χ0v) is 20.0. The summed E-state index contributed by atoms with van der Waals surface area (Å²) in [6.07, 6.45) is 2.99. The lowest BCUT2D eigenvalue weighted by Gasteiger charge is -2.40. The van der Waals surface area contributed by atoms with Crippen LogP contribution in [0.4, 0.5) is 23.9 Å². The van der Waals surface area contributed by atoms with Gasteiger partial charge in [0.1, 0.15) is 31.1 Å². The molecule has 0 N–H and O–H groups in total. The largest absolute Gasteiger partial charge is 0.340 e. The Bertz CT molecular complexity index is 1340. The molecule has 1 aromatic carbocycles. The van der Waals surface area contributed by atoms with Gasteiger partial charge < -0.3 is 9.80 Å². The van der Waals surface area contributed by atoms with Crippen molar-refractivity contribution in [2.75, 3.05) is 31.1 Å². The number of urea groups is 1. The van der Waals surface area contributed by atoms with Crippen LogP contribution in [-0.2, 0) is 5.44 Å². The van der Waals surface area contributed by atoms with Crippen LogP contribution >= 0.6 is 0 Å². The second-order valence-electron chi connectivity index (χ2n) is 8.96. The monoisotopic (exact) mass is 497 g/mol. The van der Waals surface area contributed by atoms with Gasteiger partial charge in [0.15, 0.2) is 11.6 Å². The van der Waals surface area contributed by atoms with E-state index in [1.54, 1.807) is 32.8 Å². The van der Waals surface area contributed by atoms with Crippen LogP contribution in [0.1, 0.15) is 23.6 Å². The van der Waals surface area contributed by atoms with E-state index < -0.39 is 22.9 Å². The predicted molar refractivity (Wildman–Crippen MR) is 127 cm³/mol. The van der Waals surface area contributed by atoms with Gasteiger partial charge in [0, 0.05) is 44.9 Å². The molecule has 186 valence electrons. The molecule has 3 aromatic rings. The summed E-state index contributed by atoms with van der Waals surface area (Å²) < 4.78 is 43.6. The van der Waals surface area contributed by atoms with Crippen LogP contribution in [0.5, 0.6) is 0 Å². The van der Waals surface area contributed by atoms with Gasteiger partial charge >= 0.3 is 6.03 Å². The molecule has 14 heteroatoms. The van der Waals surface area contributed by atoms with E-state index in [0.29, 0.717) is 55.8 Å². The quantitative estimate of drug-likeness (QED) is 0.510. The number of rotatable bonds is 3. The minimum absolute atomic E-state index is 0.00102. The third kappa shape index (κ3) is 4.16. The minimum Gasteiger partial charge on any atom is -0.337 e. The third-order valence-electron chi connectivity index (χ3n) is 6.44. The van der Waals surface area contributed by atoms with Crippen molar-refractivity contribution in [3.8, 4) is 5.82 Å². The maximum atomic E-state index is 14.5. The van der Waals surface area contributed by atoms with E-state index in [2.05, 4.69) is 25.2 Å². The van der Waals surface area contributed by atoms with Crippen LogP contribution < -0.4 is 4.90 Å². The number of hydrazone groups is 1. The highest BCUT2D eigenvalue weighted by Crippen LogP contribution is 2.34. The summed E-state index contributed by atoms with van der Waals surface area (Å²) in [6, 6.07) is 2.86. The average molecular weight is 497 g/mol. The minimum atomic E-state index is -1.01. The van der Waals surface area contributed by atoms with Gasteiger partial charge in [0.25, 0.3) is 0 Å². The number of piperazine rings is 1. The van der Waals surface area contributed by atoms with E-state index in [1.807, 2.05) is 4.90 Å². The topological polar surface area (TPSA) is 95.6 Å². The van der Waals surface area contributed by atoms with Crippen molar-refractivity contribution in [1.29, 1.82) is 0 Å². The molecule has 2 aromatic heterocycles. The Kier molecular flexibility index (Phi) is 5.89. The van der Waals surface area contributed by atoms with Crippen molar-refractivity contribution in [1.82, 2.24) is 34.6 Å². The lowest BCUT2D eigenvalue weighted by atomic mass is 9.70. The highest BCUT2D eigenvalue weighted by molar-refractivity contribution is 6.18. The molecule has 2 aliphatic rings. The van der Waals surface area contributed by atoms with Crippen molar-refractivity contribution in [3.05, 3.63) is 59.1 Å². The fraction of sp³-hybridized carbons (Fsp3) is 0.364. The van der Waals surface area contributed by atoms with Gasteiger partial charge in [-0.05, 0) is 31.5 Å². The summed E-state index contributed by atoms with van der Waals surface area (Å²) in [5.41, 5.74) is -0.685. The van der Waals surface area contributed by atoms with E-state index in [1.165, 1.54) is 21.8 Å². The zero-order chi connectivity index (χ0) is 25.6. The lowest BCUT2D eigenvalue weighted by Crippen LogP contribution is -2.55. The average Bonchev–Trinajstić information content (AvgIpc) is 3.40. The summed E-state index contributed by atoms with van der Waals surface area (Å²) in [4.78, 5) is 29.5. The molecule has 0 spiro atoms. The van der Waals surface area contributed by atoms with Gasteiger partial charge in [-0.25, -0.2) is 32.9 Å². The first-order valence-corrected chi connectivity index (χ1v) is 11.4. The lowest BCUT2D eigenvalue weighted by molar-refractivity contribution is 0.128. The van der Waals surface area contributed by atoms with Crippen LogP contribution in [0.25, 0.3) is 5.82 Å². The number of aromatic nitrogens is 5. The first-order chi connectivity index (χ1) is 17.2. The highest BCUT2D eigenvalue weighted by atomic mass is 19.1. The van der Waals surface area contributed by atoms with Crippen LogP contribution in [0.15, 0.2) is 29.5 Å². The highest BCUT2D eigenvalue weighted by Gasteiger charge is 2.42. The third-order valence-corrected chi connectivity index (χ3v) is 6.44. The molecule has 0 radical (unpaired) electrons. The van der Waals surface area contributed by atoms with Gasteiger partial charge in [-0.15, -0.1) is 5.10 Å². The molecule has 5 rings (SSSR count). The number of carbonyl (C=O) groups is 1. The number of hydrogen-bond donors (Lipinski definition) is 0. The molecule has 1 fully saturated rings. The van der Waals surface area contributed by atoms with Crippen LogP contribution in [0, 0.1) is 31.3 Å². The Balaban J connectivity index is 1.31. The number of amides is 2. The standard InChI is InChI=1S/C22H23BF3N9O/c1-13-29-14(2)34(31-13)19-18(26)12-27-20(30-19)32-5-7-33(8-6-32)21(36)35-22(23,3-4-28-35)15-9-16(24)11-17(25)10-15/h4,9-12H,3,5-8,23H2,1-2H3. The van der Waals surface area contributed by atoms with E-state index in [0.717, 1.165) is 12.3 Å². The normalized spacial score (nSPS) is 19.9. The first kappa shape index (κ1) is 23.8. The van der Waals surface area contributed by atoms with E-state index in [9.17, 15) is 18.0 Å². The fourth-order valence-electron chi connectivity index (χ4n) is 4.48. The molecule has 10 nitrogen and oxygen atoms in total. The molecule has 2 amide bonds. The number of carbonyl (C=O) groups excluding carboxylic acids is 1. The Hall–Kier alpha value is -3.97. The smallest absolute Gasteiger partial charge is 0.337 e. The Labute approximate surface area is 205 Å². The summed E-state index contributed by atoms with van der Waals surface area (Å²) >= 11 is 0. The van der Waals surface area contributed by atoms with Crippen molar-refractivity contribution < 1.29 is 18.0 Å². The number of aryl methyl sites for hydroxylation is 2. The summed E-state index contributed by atoms with van der Waals surface area (Å²) in [5.74, 6) is -0.745. The van der Waals surface area contributed by atoms with Crippen molar-refractivity contribution in [2.45, 2.75) is 25.7 Å². The summed E-state index contributed by atoms with van der Waals surface area (Å²) in [5, 5.41) is 9.69. The van der Waals surface area contributed by atoms with Gasteiger partial charge in [0.2, 0.25) is 5.95 Å². The van der Waals surface area contributed by atoms with Crippen LogP contribution in [-0.4, -0.2) is 80.9 Å². The maximum Gasteiger partial charge on any atom is 0.340 e. The maximum absolute atomic E-state index is 14.5. The SMILES string of the molecule is BC1(c2cc(F)cc(F)c2)CC=NN1C(=O)N1CCN(c2ncc(F)c(-n3nc(C)nc3C)n2)CC1. The Morgan fingerprint density at radius 1 is 1.03 bits per heavy atom. The number of benzene rings is 1. The Morgan fingerprint density at radius 2 is 1.72 bits per heavy atom. The molecular formula is C22H23BF3N9O. The summed E-state index contributed by atoms with van der Waals surface area (Å²) in [6.45, 7) is 4.87. The second kappa shape index (κ2) is 8.92. The molecule has 4 heterocycles. The van der Waals surface area contributed by atoms with Gasteiger partial charge in [-0.2, -0.15) is 14.8 Å². The van der Waals surface area contributed by atoms with E-state index >= 15 is 0 Å². The van der Waals surface area contributed by atoms with Crippen LogP contribution in [0.2, 0.25) is 0 Å². The molecule has 1 atom stereocenters. The zero-order valence-electron chi connectivity index (χ0n) is 20.0. The van der Waals surface area contributed by atoms with E-state index in [-0.39, 0.29) is 11.8 Å². The molecule has 1 unspecified atom stereocenters. The van der Waals surface area contributed by atoms with Crippen LogP contribution in [0.3, 0.4) is 0 Å². The molecule has 36 heavy (non-hydrogen) atoms. The molecule has 0 aliphatic carbocycles. The molecular weight excluding hydrogens is 474 g/mol. The molecule has 1 saturated heterocycles. The van der Waals surface area contributed by atoms with Crippen molar-refractivity contribution >= 4 is 26.0 Å².